The smallest absolute Gasteiger partial charge is 0.153 e. The monoisotopic (exact) mass is 501 g/mol. The standard InChI is InChI=1S/C35H23N3O/c1-4-11-29-24(8-1)25-9-2-5-12-30(25)37(29)22-15-17-32-27(20-22)26-10-3-6-13-31(26)38(32)23-16-18-33-28(21-23)35-34(39-33)14-7-19-36-35/h1,3-8,10-21H,2,9H2. The lowest BCUT2D eigenvalue weighted by Crippen LogP contribution is -2.00. The highest BCUT2D eigenvalue weighted by Gasteiger charge is 2.20. The molecule has 0 N–H and O–H groups in total. The Kier molecular flexibility index (Phi) is 4.14. The maximum atomic E-state index is 6.06. The van der Waals surface area contributed by atoms with Crippen molar-refractivity contribution in [3.05, 3.63) is 121 Å². The highest BCUT2D eigenvalue weighted by Crippen LogP contribution is 2.38. The molecular weight excluding hydrogens is 478 g/mol. The van der Waals surface area contributed by atoms with Crippen molar-refractivity contribution in [2.45, 2.75) is 12.8 Å². The number of allylic oxidation sites excluding steroid dienone is 1. The van der Waals surface area contributed by atoms with Crippen molar-refractivity contribution in [3.8, 4) is 11.4 Å². The number of benzene rings is 4. The number of furan rings is 1. The van der Waals surface area contributed by atoms with Crippen molar-refractivity contribution >= 4 is 60.9 Å². The zero-order valence-electron chi connectivity index (χ0n) is 21.1. The Bertz CT molecular complexity index is 2290. The van der Waals surface area contributed by atoms with Gasteiger partial charge in [-0.2, -0.15) is 0 Å². The van der Waals surface area contributed by atoms with Gasteiger partial charge in [-0.1, -0.05) is 42.5 Å². The number of rotatable bonds is 2. The molecule has 4 heteroatoms. The van der Waals surface area contributed by atoms with Gasteiger partial charge in [0.05, 0.1) is 16.6 Å². The van der Waals surface area contributed by atoms with Crippen LogP contribution in [0.2, 0.25) is 0 Å². The minimum absolute atomic E-state index is 0.813. The van der Waals surface area contributed by atoms with Crippen LogP contribution in [0.15, 0.2) is 114 Å². The minimum Gasteiger partial charge on any atom is -0.454 e. The van der Waals surface area contributed by atoms with E-state index in [0.717, 1.165) is 40.6 Å². The van der Waals surface area contributed by atoms with Gasteiger partial charge < -0.3 is 13.6 Å². The second-order valence-corrected chi connectivity index (χ2v) is 10.3. The maximum Gasteiger partial charge on any atom is 0.153 e. The molecule has 0 amide bonds. The van der Waals surface area contributed by atoms with Gasteiger partial charge in [-0.3, -0.25) is 4.98 Å². The zero-order chi connectivity index (χ0) is 25.5. The number of para-hydroxylation sites is 2. The number of aryl methyl sites for hydroxylation is 1. The molecule has 0 saturated carbocycles. The first-order valence-corrected chi connectivity index (χ1v) is 13.5. The summed E-state index contributed by atoms with van der Waals surface area (Å²) in [5.41, 5.74) is 11.2. The van der Waals surface area contributed by atoms with E-state index in [0.29, 0.717) is 0 Å². The molecule has 4 aromatic carbocycles. The van der Waals surface area contributed by atoms with Crippen LogP contribution in [0.5, 0.6) is 0 Å². The van der Waals surface area contributed by atoms with Crippen molar-refractivity contribution in [2.75, 3.05) is 0 Å². The number of hydrogen-bond donors (Lipinski definition) is 0. The fourth-order valence-electron chi connectivity index (χ4n) is 6.57. The molecule has 0 radical (unpaired) electrons. The second kappa shape index (κ2) is 7.71. The number of fused-ring (bicyclic) bond motifs is 9. The molecule has 0 spiro atoms. The Balaban J connectivity index is 1.33. The van der Waals surface area contributed by atoms with Gasteiger partial charge in [-0.25, -0.2) is 0 Å². The lowest BCUT2D eigenvalue weighted by atomic mass is 10.0. The molecule has 4 nitrogen and oxygen atoms in total. The summed E-state index contributed by atoms with van der Waals surface area (Å²) >= 11 is 0. The molecule has 0 fully saturated rings. The van der Waals surface area contributed by atoms with E-state index in [9.17, 15) is 0 Å². The number of pyridine rings is 1. The van der Waals surface area contributed by atoms with E-state index >= 15 is 0 Å². The van der Waals surface area contributed by atoms with Crippen molar-refractivity contribution < 1.29 is 4.42 Å². The normalized spacial score (nSPS) is 13.3. The van der Waals surface area contributed by atoms with E-state index in [1.807, 2.05) is 18.3 Å². The molecule has 0 saturated heterocycles. The predicted octanol–water partition coefficient (Wildman–Crippen LogP) is 8.98. The van der Waals surface area contributed by atoms with Crippen LogP contribution in [0.4, 0.5) is 0 Å². The first-order valence-electron chi connectivity index (χ1n) is 13.5. The molecule has 0 unspecified atom stereocenters. The Labute approximate surface area is 224 Å². The molecule has 9 rings (SSSR count). The fourth-order valence-corrected chi connectivity index (χ4v) is 6.57. The summed E-state index contributed by atoms with van der Waals surface area (Å²) in [7, 11) is 0. The van der Waals surface area contributed by atoms with Gasteiger partial charge in [-0.05, 0) is 85.1 Å². The molecule has 0 aliphatic heterocycles. The molecule has 1 aliphatic rings. The SMILES string of the molecule is C1=Cc2c(c3ccccc3n2-c2ccc3c(c2)c2ccccc2n3-c2ccc3oc4cccnc4c3c2)CC1. The first kappa shape index (κ1) is 20.9. The minimum atomic E-state index is 0.813. The Morgan fingerprint density at radius 1 is 0.615 bits per heavy atom. The maximum absolute atomic E-state index is 6.06. The van der Waals surface area contributed by atoms with Crippen molar-refractivity contribution in [1.82, 2.24) is 14.1 Å². The van der Waals surface area contributed by atoms with E-state index < -0.39 is 0 Å². The van der Waals surface area contributed by atoms with Crippen LogP contribution in [0, 0.1) is 0 Å². The largest absolute Gasteiger partial charge is 0.454 e. The lowest BCUT2D eigenvalue weighted by Gasteiger charge is -2.13. The van der Waals surface area contributed by atoms with Crippen molar-refractivity contribution in [1.29, 1.82) is 0 Å². The molecule has 1 aliphatic carbocycles. The van der Waals surface area contributed by atoms with Crippen LogP contribution in [-0.2, 0) is 6.42 Å². The summed E-state index contributed by atoms with van der Waals surface area (Å²) < 4.78 is 10.8. The predicted molar refractivity (Wildman–Crippen MR) is 160 cm³/mol. The number of hydrogen-bond acceptors (Lipinski definition) is 2. The van der Waals surface area contributed by atoms with Crippen LogP contribution in [0.25, 0.3) is 72.2 Å². The molecule has 184 valence electrons. The van der Waals surface area contributed by atoms with E-state index in [1.165, 1.54) is 49.7 Å². The quantitative estimate of drug-likeness (QED) is 0.237. The average molecular weight is 502 g/mol. The van der Waals surface area contributed by atoms with Crippen molar-refractivity contribution in [2.24, 2.45) is 0 Å². The van der Waals surface area contributed by atoms with Gasteiger partial charge in [-0.15, -0.1) is 0 Å². The first-order chi connectivity index (χ1) is 19.3. The average Bonchev–Trinajstić information content (AvgIpc) is 3.64. The topological polar surface area (TPSA) is 35.9 Å². The van der Waals surface area contributed by atoms with Crippen molar-refractivity contribution in [3.63, 3.8) is 0 Å². The Morgan fingerprint density at radius 2 is 1.36 bits per heavy atom. The molecule has 4 aromatic heterocycles. The van der Waals surface area contributed by atoms with E-state index in [4.69, 9.17) is 4.42 Å². The third kappa shape index (κ3) is 2.86. The molecule has 39 heavy (non-hydrogen) atoms. The van der Waals surface area contributed by atoms with E-state index in [-0.39, 0.29) is 0 Å². The van der Waals surface area contributed by atoms with Crippen LogP contribution >= 0.6 is 0 Å². The molecule has 4 heterocycles. The summed E-state index contributed by atoms with van der Waals surface area (Å²) in [6.45, 7) is 0. The van der Waals surface area contributed by atoms with Gasteiger partial charge in [0.2, 0.25) is 0 Å². The van der Waals surface area contributed by atoms with Gasteiger partial charge >= 0.3 is 0 Å². The molecular formula is C35H23N3O. The molecule has 0 bridgehead atoms. The second-order valence-electron chi connectivity index (χ2n) is 10.3. The van der Waals surface area contributed by atoms with Crippen LogP contribution < -0.4 is 0 Å². The van der Waals surface area contributed by atoms with E-state index in [1.54, 1.807) is 0 Å². The highest BCUT2D eigenvalue weighted by atomic mass is 16.3. The summed E-state index contributed by atoms with van der Waals surface area (Å²) in [5.74, 6) is 0. The zero-order valence-corrected chi connectivity index (χ0v) is 21.1. The molecule has 0 atom stereocenters. The third-order valence-corrected chi connectivity index (χ3v) is 8.24. The van der Waals surface area contributed by atoms with Gasteiger partial charge in [0.1, 0.15) is 11.1 Å². The Hall–Kier alpha value is -5.09. The van der Waals surface area contributed by atoms with Crippen LogP contribution in [0.3, 0.4) is 0 Å². The highest BCUT2D eigenvalue weighted by molar-refractivity contribution is 6.11. The summed E-state index contributed by atoms with van der Waals surface area (Å²) in [4.78, 5) is 4.61. The molecule has 8 aromatic rings. The van der Waals surface area contributed by atoms with Gasteiger partial charge in [0, 0.05) is 44.8 Å². The fraction of sp³-hybridized carbons (Fsp3) is 0.0571. The van der Waals surface area contributed by atoms with Gasteiger partial charge in [0.25, 0.3) is 0 Å². The van der Waals surface area contributed by atoms with Crippen LogP contribution in [0.1, 0.15) is 17.7 Å². The van der Waals surface area contributed by atoms with Gasteiger partial charge in [0.15, 0.2) is 5.58 Å². The Morgan fingerprint density at radius 3 is 2.28 bits per heavy atom. The van der Waals surface area contributed by atoms with Crippen LogP contribution in [-0.4, -0.2) is 14.1 Å². The number of nitrogens with zero attached hydrogens (tertiary/aromatic N) is 3. The summed E-state index contributed by atoms with van der Waals surface area (Å²) in [6.07, 6.45) is 8.60. The summed E-state index contributed by atoms with van der Waals surface area (Å²) in [5, 5.41) is 4.87. The third-order valence-electron chi connectivity index (χ3n) is 8.24. The number of aromatic nitrogens is 3. The van der Waals surface area contributed by atoms with E-state index in [2.05, 4.69) is 111 Å². The summed E-state index contributed by atoms with van der Waals surface area (Å²) in [6, 6.07) is 34.7. The lowest BCUT2D eigenvalue weighted by molar-refractivity contribution is 0.668.